The molecule has 0 amide bonds. The van der Waals surface area contributed by atoms with Crippen LogP contribution in [0, 0.1) is 11.6 Å². The molecule has 3 N–H and O–H groups in total. The standard InChI is InChI=1S/C22H28F2N2O5S2/c1-3-14-4-5-16-12-33(30,31)13-21(19(16)8-14)25-11-22(27)20(26-32(2,28)29)9-15-6-17(23)10-18(24)7-15/h4-8,10,20-22,25-27H,3,9,11-13H2,1-2H3/t20-,21-,22+/m0/s1. The van der Waals surface area contributed by atoms with Gasteiger partial charge in [0.2, 0.25) is 10.0 Å². The van der Waals surface area contributed by atoms with E-state index in [1.54, 1.807) is 6.07 Å². The molecular weight excluding hydrogens is 474 g/mol. The predicted molar refractivity (Wildman–Crippen MR) is 122 cm³/mol. The number of aliphatic hydroxyl groups is 1. The summed E-state index contributed by atoms with van der Waals surface area (Å²) in [6, 6.07) is 6.79. The van der Waals surface area contributed by atoms with E-state index >= 15 is 0 Å². The molecule has 0 bridgehead atoms. The first-order chi connectivity index (χ1) is 15.3. The Labute approximate surface area is 193 Å². The Kier molecular flexibility index (Phi) is 7.90. The second kappa shape index (κ2) is 10.1. The highest BCUT2D eigenvalue weighted by atomic mass is 32.2. The van der Waals surface area contributed by atoms with Gasteiger partial charge in [-0.05, 0) is 47.2 Å². The number of aryl methyl sites for hydroxylation is 1. The van der Waals surface area contributed by atoms with Gasteiger partial charge in [-0.15, -0.1) is 0 Å². The number of rotatable bonds is 9. The molecule has 1 aliphatic heterocycles. The molecule has 0 fully saturated rings. The zero-order chi connectivity index (χ0) is 24.4. The fraction of sp³-hybridized carbons (Fsp3) is 0.455. The largest absolute Gasteiger partial charge is 0.390 e. The maximum Gasteiger partial charge on any atom is 0.209 e. The highest BCUT2D eigenvalue weighted by molar-refractivity contribution is 7.90. The van der Waals surface area contributed by atoms with E-state index < -0.39 is 49.7 Å². The van der Waals surface area contributed by atoms with Crippen LogP contribution in [-0.4, -0.2) is 52.6 Å². The molecule has 0 spiro atoms. The van der Waals surface area contributed by atoms with Crippen LogP contribution in [0.15, 0.2) is 36.4 Å². The molecule has 7 nitrogen and oxygen atoms in total. The molecule has 0 unspecified atom stereocenters. The molecule has 3 rings (SSSR count). The Morgan fingerprint density at radius 3 is 2.39 bits per heavy atom. The molecule has 2 aromatic carbocycles. The number of hydrogen-bond acceptors (Lipinski definition) is 6. The zero-order valence-corrected chi connectivity index (χ0v) is 20.0. The Morgan fingerprint density at radius 1 is 1.12 bits per heavy atom. The molecule has 3 atom stereocenters. The lowest BCUT2D eigenvalue weighted by Gasteiger charge is -2.30. The maximum atomic E-state index is 13.6. The van der Waals surface area contributed by atoms with Gasteiger partial charge in [0.1, 0.15) is 11.6 Å². The fourth-order valence-corrected chi connectivity index (χ4v) is 6.50. The number of benzene rings is 2. The van der Waals surface area contributed by atoms with E-state index in [1.165, 1.54) is 0 Å². The molecule has 33 heavy (non-hydrogen) atoms. The minimum Gasteiger partial charge on any atom is -0.390 e. The molecular formula is C22H28F2N2O5S2. The second-order valence-corrected chi connectivity index (χ2v) is 12.3. The summed E-state index contributed by atoms with van der Waals surface area (Å²) in [5.74, 6) is -1.84. The molecule has 1 aliphatic rings. The van der Waals surface area contributed by atoms with Crippen LogP contribution in [-0.2, 0) is 38.5 Å². The Bertz CT molecular complexity index is 1200. The van der Waals surface area contributed by atoms with Crippen molar-refractivity contribution in [2.45, 2.75) is 43.7 Å². The molecule has 11 heteroatoms. The summed E-state index contributed by atoms with van der Waals surface area (Å²) in [5.41, 5.74) is 2.73. The van der Waals surface area contributed by atoms with E-state index in [9.17, 15) is 30.7 Å². The van der Waals surface area contributed by atoms with Gasteiger partial charge < -0.3 is 10.4 Å². The van der Waals surface area contributed by atoms with Crippen LogP contribution in [0.25, 0.3) is 0 Å². The van der Waals surface area contributed by atoms with Crippen LogP contribution in [0.1, 0.15) is 35.2 Å². The second-order valence-electron chi connectivity index (χ2n) is 8.45. The van der Waals surface area contributed by atoms with Gasteiger partial charge in [-0.2, -0.15) is 0 Å². The summed E-state index contributed by atoms with van der Waals surface area (Å²) in [5, 5.41) is 13.8. The normalized spacial score (nSPS) is 19.6. The SMILES string of the molecule is CCc1ccc2c(c1)[C@@H](NC[C@@H](O)[C@H](Cc1cc(F)cc(F)c1)NS(C)(=O)=O)CS(=O)(=O)C2. The number of nitrogens with one attached hydrogen (secondary N) is 2. The highest BCUT2D eigenvalue weighted by Crippen LogP contribution is 2.29. The van der Waals surface area contributed by atoms with Gasteiger partial charge in [-0.3, -0.25) is 0 Å². The first-order valence-corrected chi connectivity index (χ1v) is 14.2. The minimum absolute atomic E-state index is 0.0591. The van der Waals surface area contributed by atoms with E-state index in [0.29, 0.717) is 11.6 Å². The Balaban J connectivity index is 1.80. The van der Waals surface area contributed by atoms with Gasteiger partial charge in [0.05, 0.1) is 29.9 Å². The smallest absolute Gasteiger partial charge is 0.209 e. The molecule has 2 aromatic rings. The van der Waals surface area contributed by atoms with Gasteiger partial charge in [0.15, 0.2) is 9.84 Å². The molecule has 1 heterocycles. The molecule has 0 aromatic heterocycles. The Hall–Kier alpha value is -1.92. The number of halogens is 2. The Morgan fingerprint density at radius 2 is 1.79 bits per heavy atom. The third kappa shape index (κ3) is 7.28. The van der Waals surface area contributed by atoms with Crippen molar-refractivity contribution in [3.05, 3.63) is 70.3 Å². The lowest BCUT2D eigenvalue weighted by molar-refractivity contribution is 0.132. The average molecular weight is 503 g/mol. The van der Waals surface area contributed by atoms with Crippen molar-refractivity contribution in [3.8, 4) is 0 Å². The number of aliphatic hydroxyl groups excluding tert-OH is 1. The summed E-state index contributed by atoms with van der Waals surface area (Å²) in [6.45, 7) is 1.85. The lowest BCUT2D eigenvalue weighted by Crippen LogP contribution is -2.49. The predicted octanol–water partition coefficient (Wildman–Crippen LogP) is 1.61. The van der Waals surface area contributed by atoms with Crippen LogP contribution < -0.4 is 10.0 Å². The lowest BCUT2D eigenvalue weighted by atomic mass is 9.97. The molecule has 0 aliphatic carbocycles. The third-order valence-electron chi connectivity index (χ3n) is 5.57. The first kappa shape index (κ1) is 25.7. The first-order valence-electron chi connectivity index (χ1n) is 10.5. The van der Waals surface area contributed by atoms with E-state index in [0.717, 1.165) is 35.9 Å². The van der Waals surface area contributed by atoms with Crippen LogP contribution in [0.4, 0.5) is 8.78 Å². The summed E-state index contributed by atoms with van der Waals surface area (Å²) >= 11 is 0. The number of sulfonamides is 1. The van der Waals surface area contributed by atoms with Gasteiger partial charge >= 0.3 is 0 Å². The number of hydrogen-bond donors (Lipinski definition) is 3. The maximum absolute atomic E-state index is 13.6. The van der Waals surface area contributed by atoms with Crippen LogP contribution >= 0.6 is 0 Å². The quantitative estimate of drug-likeness (QED) is 0.480. The van der Waals surface area contributed by atoms with Crippen LogP contribution in [0.2, 0.25) is 0 Å². The van der Waals surface area contributed by atoms with Crippen molar-refractivity contribution in [1.82, 2.24) is 10.0 Å². The molecule has 0 radical (unpaired) electrons. The minimum atomic E-state index is -3.75. The summed E-state index contributed by atoms with van der Waals surface area (Å²) in [4.78, 5) is 0. The van der Waals surface area contributed by atoms with Crippen molar-refractivity contribution < 1.29 is 30.7 Å². The fourth-order valence-electron chi connectivity index (χ4n) is 4.05. The van der Waals surface area contributed by atoms with Crippen LogP contribution in [0.5, 0.6) is 0 Å². The van der Waals surface area contributed by atoms with Gasteiger partial charge in [-0.1, -0.05) is 25.1 Å². The molecule has 0 saturated heterocycles. The monoisotopic (exact) mass is 502 g/mol. The zero-order valence-electron chi connectivity index (χ0n) is 18.4. The van der Waals surface area contributed by atoms with Gasteiger partial charge in [0.25, 0.3) is 0 Å². The summed E-state index contributed by atoms with van der Waals surface area (Å²) < 4.78 is 77.9. The van der Waals surface area contributed by atoms with E-state index in [-0.39, 0.29) is 30.0 Å². The summed E-state index contributed by atoms with van der Waals surface area (Å²) in [7, 11) is -7.11. The van der Waals surface area contributed by atoms with Crippen molar-refractivity contribution in [1.29, 1.82) is 0 Å². The van der Waals surface area contributed by atoms with Crippen molar-refractivity contribution in [2.24, 2.45) is 0 Å². The van der Waals surface area contributed by atoms with Gasteiger partial charge in [0, 0.05) is 18.7 Å². The third-order valence-corrected chi connectivity index (χ3v) is 7.89. The number of fused-ring (bicyclic) bond motifs is 1. The van der Waals surface area contributed by atoms with Crippen LogP contribution in [0.3, 0.4) is 0 Å². The van der Waals surface area contributed by atoms with Crippen molar-refractivity contribution >= 4 is 19.9 Å². The van der Waals surface area contributed by atoms with Crippen molar-refractivity contribution in [2.75, 3.05) is 18.6 Å². The summed E-state index contributed by atoms with van der Waals surface area (Å²) in [6.07, 6.45) is 0.237. The van der Waals surface area contributed by atoms with E-state index in [1.807, 2.05) is 19.1 Å². The number of sulfone groups is 1. The molecule has 0 saturated carbocycles. The average Bonchev–Trinajstić information content (AvgIpc) is 2.68. The van der Waals surface area contributed by atoms with E-state index in [2.05, 4.69) is 10.0 Å². The highest BCUT2D eigenvalue weighted by Gasteiger charge is 2.31. The van der Waals surface area contributed by atoms with E-state index in [4.69, 9.17) is 0 Å². The van der Waals surface area contributed by atoms with Gasteiger partial charge in [-0.25, -0.2) is 30.3 Å². The topological polar surface area (TPSA) is 113 Å². The van der Waals surface area contributed by atoms with Crippen molar-refractivity contribution in [3.63, 3.8) is 0 Å². The molecule has 182 valence electrons.